The zero-order valence-electron chi connectivity index (χ0n) is 21.7. The van der Waals surface area contributed by atoms with E-state index in [-0.39, 0.29) is 29.6 Å². The summed E-state index contributed by atoms with van der Waals surface area (Å²) in [4.78, 5) is 15.9. The zero-order valence-corrected chi connectivity index (χ0v) is 21.7. The number of amidine groups is 1. The van der Waals surface area contributed by atoms with Crippen LogP contribution in [-0.4, -0.2) is 60.1 Å². The van der Waals surface area contributed by atoms with E-state index in [0.29, 0.717) is 35.3 Å². The number of methoxy groups -OCH3 is 1. The fourth-order valence-corrected chi connectivity index (χ4v) is 4.58. The number of carbonyl (C=O) groups excluding carboxylic acids is 1. The highest BCUT2D eigenvalue weighted by molar-refractivity contribution is 6.16. The van der Waals surface area contributed by atoms with Gasteiger partial charge in [0.2, 0.25) is 0 Å². The summed E-state index contributed by atoms with van der Waals surface area (Å²) in [7, 11) is 1.65. The third-order valence-corrected chi connectivity index (χ3v) is 5.93. The van der Waals surface area contributed by atoms with E-state index in [1.54, 1.807) is 13.2 Å². The fourth-order valence-electron chi connectivity index (χ4n) is 4.58. The number of hydrogen-bond acceptors (Lipinski definition) is 6. The molecule has 1 atom stereocenters. The van der Waals surface area contributed by atoms with Crippen LogP contribution >= 0.6 is 0 Å². The molecule has 0 spiro atoms. The number of halogens is 1. The van der Waals surface area contributed by atoms with Gasteiger partial charge in [-0.15, -0.1) is 0 Å². The van der Waals surface area contributed by atoms with Crippen molar-refractivity contribution in [2.75, 3.05) is 26.8 Å². The molecule has 1 aromatic heterocycles. The number of aryl methyl sites for hydroxylation is 1. The highest BCUT2D eigenvalue weighted by atomic mass is 19.1. The molecule has 3 rings (SSSR count). The first-order valence-electron chi connectivity index (χ1n) is 12.3. The van der Waals surface area contributed by atoms with Crippen LogP contribution in [-0.2, 0) is 11.3 Å². The molecule has 9 nitrogen and oxygen atoms in total. The smallest absolute Gasteiger partial charge is 0.271 e. The van der Waals surface area contributed by atoms with Crippen molar-refractivity contribution < 1.29 is 13.9 Å². The van der Waals surface area contributed by atoms with Crippen molar-refractivity contribution in [3.63, 3.8) is 0 Å². The predicted molar refractivity (Wildman–Crippen MR) is 138 cm³/mol. The monoisotopic (exact) mass is 491 g/mol. The number of fused-ring (bicyclic) bond motifs is 1. The molecule has 1 aliphatic heterocycles. The van der Waals surface area contributed by atoms with Crippen molar-refractivity contribution in [3.05, 3.63) is 35.3 Å². The Labute approximate surface area is 208 Å². The number of piperidine rings is 1. The molecule has 1 saturated heterocycles. The van der Waals surface area contributed by atoms with Gasteiger partial charge in [-0.3, -0.25) is 10.2 Å². The van der Waals surface area contributed by atoms with E-state index in [4.69, 9.17) is 26.9 Å². The van der Waals surface area contributed by atoms with Crippen molar-refractivity contribution in [3.8, 4) is 0 Å². The molecule has 2 heterocycles. The molecule has 1 aliphatic rings. The standard InChI is InChI=1S/C23H34FN5O2.C2H6.H2N2/c1-15(2)29(17-7-6-10-27-14-17)23(30)21-20(22(25)26)18-9-8-16(24)13-19(18)28(21)11-4-5-12-31-3;2*1-2/h8-9,13,15,17,27H,4-7,10-12,14H2,1-3H3,(H3,25,26);1-2H3;1-2H/t17-;;/m1../s1. The Hall–Kier alpha value is -2.85. The maximum atomic E-state index is 14.2. The maximum absolute atomic E-state index is 14.2. The summed E-state index contributed by atoms with van der Waals surface area (Å²) in [6, 6.07) is 4.44. The van der Waals surface area contributed by atoms with Crippen LogP contribution in [0.1, 0.15) is 69.4 Å². The lowest BCUT2D eigenvalue weighted by molar-refractivity contribution is 0.0562. The number of nitrogens with two attached hydrogens (primary N) is 1. The molecule has 1 fully saturated rings. The molecular formula is C25H42FN7O2. The third-order valence-electron chi connectivity index (χ3n) is 5.93. The minimum Gasteiger partial charge on any atom is -0.385 e. The topological polar surface area (TPSA) is 144 Å². The van der Waals surface area contributed by atoms with E-state index in [9.17, 15) is 9.18 Å². The van der Waals surface area contributed by atoms with Crippen LogP contribution < -0.4 is 11.1 Å². The number of unbranched alkanes of at least 4 members (excludes halogenated alkanes) is 1. The molecule has 0 saturated carbocycles. The summed E-state index contributed by atoms with van der Waals surface area (Å²) in [5.74, 6) is -0.715. The van der Waals surface area contributed by atoms with Crippen molar-refractivity contribution in [1.82, 2.24) is 14.8 Å². The summed E-state index contributed by atoms with van der Waals surface area (Å²) in [6.45, 7) is 10.8. The lowest BCUT2D eigenvalue weighted by atomic mass is 10.0. The van der Waals surface area contributed by atoms with Gasteiger partial charge in [0.15, 0.2) is 0 Å². The largest absolute Gasteiger partial charge is 0.385 e. The lowest BCUT2D eigenvalue weighted by Gasteiger charge is -2.38. The van der Waals surface area contributed by atoms with E-state index >= 15 is 0 Å². The summed E-state index contributed by atoms with van der Waals surface area (Å²) >= 11 is 0. The minimum absolute atomic E-state index is 0.0195. The quantitative estimate of drug-likeness (QED) is 0.150. The Morgan fingerprint density at radius 2 is 2.00 bits per heavy atom. The molecule has 2 aromatic rings. The number of rotatable bonds is 9. The summed E-state index contributed by atoms with van der Waals surface area (Å²) in [6.07, 6.45) is 3.51. The van der Waals surface area contributed by atoms with Gasteiger partial charge in [0, 0.05) is 44.3 Å². The number of amides is 1. The highest BCUT2D eigenvalue weighted by Gasteiger charge is 2.33. The van der Waals surface area contributed by atoms with Crippen LogP contribution in [0, 0.1) is 22.3 Å². The van der Waals surface area contributed by atoms with E-state index in [1.165, 1.54) is 12.1 Å². The first-order valence-corrected chi connectivity index (χ1v) is 12.3. The molecule has 0 aliphatic carbocycles. The van der Waals surface area contributed by atoms with Gasteiger partial charge in [-0.25, -0.2) is 15.5 Å². The number of nitrogens with one attached hydrogen (secondary N) is 4. The lowest BCUT2D eigenvalue weighted by Crippen LogP contribution is -2.52. The molecule has 0 radical (unpaired) electrons. The number of ether oxygens (including phenoxy) is 1. The maximum Gasteiger partial charge on any atom is 0.271 e. The summed E-state index contributed by atoms with van der Waals surface area (Å²) in [5, 5.41) is 12.2. The van der Waals surface area contributed by atoms with E-state index < -0.39 is 0 Å². The zero-order chi connectivity index (χ0) is 26.5. The number of carbonyl (C=O) groups is 1. The van der Waals surface area contributed by atoms with Crippen LogP contribution in [0.5, 0.6) is 0 Å². The van der Waals surface area contributed by atoms with Gasteiger partial charge in [0.1, 0.15) is 17.3 Å². The second-order valence-electron chi connectivity index (χ2n) is 8.46. The fraction of sp³-hybridized carbons (Fsp3) is 0.600. The van der Waals surface area contributed by atoms with Crippen LogP contribution in [0.25, 0.3) is 10.9 Å². The highest BCUT2D eigenvalue weighted by Crippen LogP contribution is 2.30. The number of aromatic nitrogens is 1. The van der Waals surface area contributed by atoms with Crippen LogP contribution in [0.3, 0.4) is 0 Å². The first-order chi connectivity index (χ1) is 16.9. The summed E-state index contributed by atoms with van der Waals surface area (Å²) < 4.78 is 21.2. The van der Waals surface area contributed by atoms with Gasteiger partial charge in [0.25, 0.3) is 5.91 Å². The molecule has 1 aromatic carbocycles. The molecule has 0 bridgehead atoms. The number of hydrogen-bond donors (Lipinski definition) is 5. The number of nitrogen functional groups attached to an aromatic ring is 1. The second kappa shape index (κ2) is 15.2. The van der Waals surface area contributed by atoms with Crippen molar-refractivity contribution in [2.45, 2.75) is 72.0 Å². The van der Waals surface area contributed by atoms with E-state index in [0.717, 1.165) is 38.8 Å². The molecule has 6 N–H and O–H groups in total. The minimum atomic E-state index is -0.380. The Balaban J connectivity index is 0.00000145. The van der Waals surface area contributed by atoms with Crippen molar-refractivity contribution in [2.24, 2.45) is 5.73 Å². The van der Waals surface area contributed by atoms with Gasteiger partial charge in [0.05, 0.1) is 11.1 Å². The molecule has 0 unspecified atom stereocenters. The Bertz CT molecular complexity index is 955. The predicted octanol–water partition coefficient (Wildman–Crippen LogP) is 4.72. The van der Waals surface area contributed by atoms with Gasteiger partial charge in [-0.1, -0.05) is 13.8 Å². The normalized spacial score (nSPS) is 15.1. The van der Waals surface area contributed by atoms with Crippen LogP contribution in [0.2, 0.25) is 0 Å². The number of nitrogens with zero attached hydrogens (tertiary/aromatic N) is 2. The molecule has 35 heavy (non-hydrogen) atoms. The molecule has 196 valence electrons. The van der Waals surface area contributed by atoms with Crippen LogP contribution in [0.4, 0.5) is 4.39 Å². The number of benzene rings is 1. The van der Waals surface area contributed by atoms with Crippen LogP contribution in [0.15, 0.2) is 18.2 Å². The van der Waals surface area contributed by atoms with Gasteiger partial charge < -0.3 is 25.3 Å². The SMILES string of the molecule is CC.COCCCCn1c(C(=O)N(C(C)C)[C@@H]2CCCNC2)c(C(=N)N)c2ccc(F)cc21.N=N. The van der Waals surface area contributed by atoms with Gasteiger partial charge >= 0.3 is 0 Å². The molecular weight excluding hydrogens is 449 g/mol. The Morgan fingerprint density at radius 3 is 2.54 bits per heavy atom. The Kier molecular flexibility index (Phi) is 13.1. The first kappa shape index (κ1) is 30.2. The average Bonchev–Trinajstić information content (AvgIpc) is 3.18. The Morgan fingerprint density at radius 1 is 1.31 bits per heavy atom. The van der Waals surface area contributed by atoms with E-state index in [2.05, 4.69) is 5.32 Å². The van der Waals surface area contributed by atoms with Gasteiger partial charge in [-0.2, -0.15) is 0 Å². The van der Waals surface area contributed by atoms with Gasteiger partial charge in [-0.05, 0) is 64.3 Å². The molecule has 10 heteroatoms. The summed E-state index contributed by atoms with van der Waals surface area (Å²) in [5.41, 5.74) is 17.3. The van der Waals surface area contributed by atoms with Crippen molar-refractivity contribution in [1.29, 1.82) is 16.5 Å². The third kappa shape index (κ3) is 7.32. The van der Waals surface area contributed by atoms with E-state index in [1.807, 2.05) is 37.2 Å². The molecule has 1 amide bonds. The van der Waals surface area contributed by atoms with Crippen molar-refractivity contribution >= 4 is 22.6 Å². The average molecular weight is 492 g/mol. The second-order valence-corrected chi connectivity index (χ2v) is 8.46.